The third-order valence-electron chi connectivity index (χ3n) is 2.35. The molecule has 3 heteroatoms. The minimum absolute atomic E-state index is 0.144. The molecule has 0 aliphatic heterocycles. The number of rotatable bonds is 3. The fraction of sp³-hybridized carbons (Fsp3) is 0.700. The van der Waals surface area contributed by atoms with Crippen molar-refractivity contribution in [1.82, 2.24) is 0 Å². The van der Waals surface area contributed by atoms with E-state index in [0.29, 0.717) is 6.61 Å². The van der Waals surface area contributed by atoms with Gasteiger partial charge in [-0.3, -0.25) is 0 Å². The monoisotopic (exact) mass is 184 g/mol. The third-order valence-corrected chi connectivity index (χ3v) is 2.35. The average Bonchev–Trinajstić information content (AvgIpc) is 2.52. The van der Waals surface area contributed by atoms with Gasteiger partial charge in [0.25, 0.3) is 0 Å². The summed E-state index contributed by atoms with van der Waals surface area (Å²) < 4.78 is 4.80. The molecule has 74 valence electrons. The summed E-state index contributed by atoms with van der Waals surface area (Å²) in [5.41, 5.74) is 1.04. The minimum Gasteiger partial charge on any atom is -0.463 e. The lowest BCUT2D eigenvalue weighted by atomic mass is 10.0. The van der Waals surface area contributed by atoms with Crippen molar-refractivity contribution < 1.29 is 14.6 Å². The fourth-order valence-corrected chi connectivity index (χ4v) is 1.68. The molecule has 13 heavy (non-hydrogen) atoms. The number of carbonyl (C=O) groups is 1. The predicted octanol–water partition coefficient (Wildman–Crippen LogP) is 1.27. The van der Waals surface area contributed by atoms with Gasteiger partial charge in [-0.05, 0) is 26.2 Å². The van der Waals surface area contributed by atoms with Crippen LogP contribution in [0.4, 0.5) is 0 Å². The smallest absolute Gasteiger partial charge is 0.330 e. The zero-order chi connectivity index (χ0) is 9.68. The Labute approximate surface area is 78.4 Å². The molecule has 0 aromatic rings. The van der Waals surface area contributed by atoms with Crippen molar-refractivity contribution in [3.63, 3.8) is 0 Å². The first kappa shape index (κ1) is 10.3. The maximum Gasteiger partial charge on any atom is 0.330 e. The Morgan fingerprint density at radius 1 is 1.77 bits per heavy atom. The van der Waals surface area contributed by atoms with Gasteiger partial charge in [0.1, 0.15) is 0 Å². The summed E-state index contributed by atoms with van der Waals surface area (Å²) in [5.74, 6) is -0.0951. The first-order valence-electron chi connectivity index (χ1n) is 4.76. The maximum absolute atomic E-state index is 11.1. The Hall–Kier alpha value is -0.830. The van der Waals surface area contributed by atoms with E-state index in [4.69, 9.17) is 9.84 Å². The summed E-state index contributed by atoms with van der Waals surface area (Å²) in [6, 6.07) is 0. The average molecular weight is 184 g/mol. The van der Waals surface area contributed by atoms with Crippen molar-refractivity contribution in [3.8, 4) is 0 Å². The van der Waals surface area contributed by atoms with Crippen LogP contribution < -0.4 is 0 Å². The molecule has 1 fully saturated rings. The van der Waals surface area contributed by atoms with Gasteiger partial charge < -0.3 is 9.84 Å². The topological polar surface area (TPSA) is 46.5 Å². The highest BCUT2D eigenvalue weighted by atomic mass is 16.5. The van der Waals surface area contributed by atoms with Crippen LogP contribution in [0, 0.1) is 5.92 Å². The molecule has 0 radical (unpaired) electrons. The summed E-state index contributed by atoms with van der Waals surface area (Å²) in [4.78, 5) is 11.1. The molecule has 0 amide bonds. The highest BCUT2D eigenvalue weighted by Crippen LogP contribution is 2.30. The van der Waals surface area contributed by atoms with Crippen LogP contribution in [0.2, 0.25) is 0 Å². The van der Waals surface area contributed by atoms with Crippen LogP contribution >= 0.6 is 0 Å². The molecule has 1 aliphatic carbocycles. The van der Waals surface area contributed by atoms with E-state index in [1.165, 1.54) is 6.08 Å². The lowest BCUT2D eigenvalue weighted by molar-refractivity contribution is -0.137. The van der Waals surface area contributed by atoms with Crippen molar-refractivity contribution in [2.24, 2.45) is 5.92 Å². The van der Waals surface area contributed by atoms with E-state index >= 15 is 0 Å². The Kier molecular flexibility index (Phi) is 3.96. The van der Waals surface area contributed by atoms with Crippen LogP contribution in [0.25, 0.3) is 0 Å². The van der Waals surface area contributed by atoms with Crippen molar-refractivity contribution in [2.45, 2.75) is 26.2 Å². The Morgan fingerprint density at radius 2 is 2.54 bits per heavy atom. The van der Waals surface area contributed by atoms with Gasteiger partial charge in [-0.1, -0.05) is 5.57 Å². The number of esters is 1. The predicted molar refractivity (Wildman–Crippen MR) is 49.1 cm³/mol. The molecule has 1 atom stereocenters. The second-order valence-electron chi connectivity index (χ2n) is 3.24. The van der Waals surface area contributed by atoms with Crippen LogP contribution in [0.15, 0.2) is 11.6 Å². The molecule has 3 nitrogen and oxygen atoms in total. The Bertz CT molecular complexity index is 208. The van der Waals surface area contributed by atoms with Gasteiger partial charge in [0.15, 0.2) is 0 Å². The van der Waals surface area contributed by atoms with Crippen molar-refractivity contribution in [3.05, 3.63) is 11.6 Å². The second kappa shape index (κ2) is 5.02. The molecule has 1 rings (SSSR count). The molecule has 0 aromatic heterocycles. The summed E-state index contributed by atoms with van der Waals surface area (Å²) in [5, 5.41) is 8.99. The van der Waals surface area contributed by atoms with Crippen LogP contribution in [-0.4, -0.2) is 24.3 Å². The molecular formula is C10H16O3. The van der Waals surface area contributed by atoms with Gasteiger partial charge in [0.05, 0.1) is 6.61 Å². The van der Waals surface area contributed by atoms with Gasteiger partial charge in [0, 0.05) is 18.6 Å². The van der Waals surface area contributed by atoms with Gasteiger partial charge in [-0.15, -0.1) is 0 Å². The molecule has 0 saturated heterocycles. The third kappa shape index (κ3) is 2.84. The van der Waals surface area contributed by atoms with Crippen LogP contribution in [0.5, 0.6) is 0 Å². The SMILES string of the molecule is CCOC(=O)/C=C1/CCCC1CO. The highest BCUT2D eigenvalue weighted by molar-refractivity contribution is 5.82. The van der Waals surface area contributed by atoms with E-state index in [0.717, 1.165) is 24.8 Å². The number of aliphatic hydroxyl groups is 1. The van der Waals surface area contributed by atoms with Crippen LogP contribution in [-0.2, 0) is 9.53 Å². The fourth-order valence-electron chi connectivity index (χ4n) is 1.68. The molecule has 1 N–H and O–H groups in total. The Balaban J connectivity index is 2.53. The summed E-state index contributed by atoms with van der Waals surface area (Å²) in [6.45, 7) is 2.34. The van der Waals surface area contributed by atoms with Gasteiger partial charge in [-0.25, -0.2) is 4.79 Å². The molecule has 1 saturated carbocycles. The largest absolute Gasteiger partial charge is 0.463 e. The first-order valence-corrected chi connectivity index (χ1v) is 4.76. The lowest BCUT2D eigenvalue weighted by Gasteiger charge is -2.06. The summed E-state index contributed by atoms with van der Waals surface area (Å²) in [6.07, 6.45) is 4.51. The molecule has 1 unspecified atom stereocenters. The zero-order valence-electron chi connectivity index (χ0n) is 7.95. The molecule has 0 heterocycles. The number of hydrogen-bond donors (Lipinski definition) is 1. The van der Waals surface area contributed by atoms with E-state index in [9.17, 15) is 4.79 Å². The normalized spacial score (nSPS) is 25.1. The van der Waals surface area contributed by atoms with Gasteiger partial charge in [0.2, 0.25) is 0 Å². The van der Waals surface area contributed by atoms with Gasteiger partial charge in [-0.2, -0.15) is 0 Å². The van der Waals surface area contributed by atoms with Crippen molar-refractivity contribution in [1.29, 1.82) is 0 Å². The summed E-state index contributed by atoms with van der Waals surface area (Å²) >= 11 is 0. The quantitative estimate of drug-likeness (QED) is 0.530. The number of hydrogen-bond acceptors (Lipinski definition) is 3. The minimum atomic E-state index is -0.280. The van der Waals surface area contributed by atoms with Crippen LogP contribution in [0.1, 0.15) is 26.2 Å². The second-order valence-corrected chi connectivity index (χ2v) is 3.24. The van der Waals surface area contributed by atoms with Crippen LogP contribution in [0.3, 0.4) is 0 Å². The van der Waals surface area contributed by atoms with Crippen molar-refractivity contribution in [2.75, 3.05) is 13.2 Å². The Morgan fingerprint density at radius 3 is 3.15 bits per heavy atom. The number of aliphatic hydroxyl groups excluding tert-OH is 1. The molecular weight excluding hydrogens is 168 g/mol. The maximum atomic E-state index is 11.1. The molecule has 0 spiro atoms. The lowest BCUT2D eigenvalue weighted by Crippen LogP contribution is -2.06. The van der Waals surface area contributed by atoms with Gasteiger partial charge >= 0.3 is 5.97 Å². The molecule has 0 bridgehead atoms. The van der Waals surface area contributed by atoms with Crippen molar-refractivity contribution >= 4 is 5.97 Å². The zero-order valence-corrected chi connectivity index (χ0v) is 7.95. The van der Waals surface area contributed by atoms with E-state index in [1.807, 2.05) is 0 Å². The molecule has 1 aliphatic rings. The number of ether oxygens (including phenoxy) is 1. The molecule has 0 aromatic carbocycles. The highest BCUT2D eigenvalue weighted by Gasteiger charge is 2.20. The number of carbonyl (C=O) groups excluding carboxylic acids is 1. The first-order chi connectivity index (χ1) is 6.27. The van der Waals surface area contributed by atoms with E-state index in [1.54, 1.807) is 6.92 Å². The van der Waals surface area contributed by atoms with E-state index in [2.05, 4.69) is 0 Å². The standard InChI is InChI=1S/C10H16O3/c1-2-13-10(12)6-8-4-3-5-9(8)7-11/h6,9,11H,2-5,7H2,1H3/b8-6-. The van der Waals surface area contributed by atoms with E-state index < -0.39 is 0 Å². The summed E-state index contributed by atoms with van der Waals surface area (Å²) in [7, 11) is 0. The van der Waals surface area contributed by atoms with E-state index in [-0.39, 0.29) is 18.5 Å².